The van der Waals surface area contributed by atoms with E-state index in [2.05, 4.69) is 14.6 Å². The van der Waals surface area contributed by atoms with Crippen molar-refractivity contribution in [3.05, 3.63) is 41.7 Å². The molecule has 0 saturated carbocycles. The van der Waals surface area contributed by atoms with Crippen molar-refractivity contribution in [3.8, 4) is 0 Å². The van der Waals surface area contributed by atoms with Gasteiger partial charge in [-0.25, -0.2) is 22.5 Å². The van der Waals surface area contributed by atoms with Crippen LogP contribution < -0.4 is 9.62 Å². The minimum Gasteiger partial charge on any atom is -0.344 e. The summed E-state index contributed by atoms with van der Waals surface area (Å²) in [5.74, 6) is -0.454. The first-order valence-electron chi connectivity index (χ1n) is 6.97. The third kappa shape index (κ3) is 3.29. The molecule has 118 valence electrons. The van der Waals surface area contributed by atoms with E-state index < -0.39 is 15.8 Å². The standard InChI is InChI=1S/C14H16FN3O2S2/c15-11-3-5-13(6-4-11)22(19,20)17-10-12-2-1-8-18(12)14-16-7-9-21-14/h3-7,9,12,17H,1-2,8,10H2. The van der Waals surface area contributed by atoms with Gasteiger partial charge in [-0.2, -0.15) is 0 Å². The lowest BCUT2D eigenvalue weighted by Gasteiger charge is -2.24. The Morgan fingerprint density at radius 3 is 2.82 bits per heavy atom. The third-order valence-corrected chi connectivity index (χ3v) is 5.92. The maximum atomic E-state index is 12.9. The van der Waals surface area contributed by atoms with E-state index in [1.54, 1.807) is 17.5 Å². The summed E-state index contributed by atoms with van der Waals surface area (Å²) in [6.45, 7) is 1.20. The second kappa shape index (κ2) is 6.31. The topological polar surface area (TPSA) is 62.3 Å². The molecular formula is C14H16FN3O2S2. The van der Waals surface area contributed by atoms with Crippen LogP contribution in [0.15, 0.2) is 40.7 Å². The highest BCUT2D eigenvalue weighted by Crippen LogP contribution is 2.27. The molecule has 1 saturated heterocycles. The zero-order chi connectivity index (χ0) is 15.6. The summed E-state index contributed by atoms with van der Waals surface area (Å²) in [6.07, 6.45) is 3.69. The molecular weight excluding hydrogens is 325 g/mol. The Balaban J connectivity index is 1.67. The Morgan fingerprint density at radius 1 is 1.36 bits per heavy atom. The van der Waals surface area contributed by atoms with Crippen molar-refractivity contribution < 1.29 is 12.8 Å². The number of nitrogens with one attached hydrogen (secondary N) is 1. The first kappa shape index (κ1) is 15.4. The highest BCUT2D eigenvalue weighted by molar-refractivity contribution is 7.89. The van der Waals surface area contributed by atoms with Gasteiger partial charge in [0.05, 0.1) is 4.90 Å². The molecule has 0 spiro atoms. The van der Waals surface area contributed by atoms with Gasteiger partial charge in [0, 0.05) is 30.7 Å². The first-order valence-corrected chi connectivity index (χ1v) is 9.34. The fourth-order valence-electron chi connectivity index (χ4n) is 2.56. The molecule has 2 aromatic rings. The van der Waals surface area contributed by atoms with Crippen LogP contribution in [0.4, 0.5) is 9.52 Å². The smallest absolute Gasteiger partial charge is 0.240 e. The minimum absolute atomic E-state index is 0.0766. The lowest BCUT2D eigenvalue weighted by molar-refractivity contribution is 0.566. The van der Waals surface area contributed by atoms with Gasteiger partial charge in [-0.05, 0) is 37.1 Å². The van der Waals surface area contributed by atoms with Crippen LogP contribution in [0.25, 0.3) is 0 Å². The van der Waals surface area contributed by atoms with E-state index in [1.807, 2.05) is 5.38 Å². The zero-order valence-corrected chi connectivity index (χ0v) is 13.4. The molecule has 1 fully saturated rings. The van der Waals surface area contributed by atoms with E-state index in [1.165, 1.54) is 12.1 Å². The number of benzene rings is 1. The second-order valence-corrected chi connectivity index (χ2v) is 7.75. The van der Waals surface area contributed by atoms with Crippen molar-refractivity contribution >= 4 is 26.5 Å². The molecule has 3 rings (SSSR count). The number of anilines is 1. The van der Waals surface area contributed by atoms with Crippen molar-refractivity contribution in [2.75, 3.05) is 18.0 Å². The van der Waals surface area contributed by atoms with Crippen LogP contribution in [0.3, 0.4) is 0 Å². The van der Waals surface area contributed by atoms with Gasteiger partial charge in [0.2, 0.25) is 10.0 Å². The Bertz CT molecular complexity index is 717. The van der Waals surface area contributed by atoms with E-state index in [-0.39, 0.29) is 10.9 Å². The molecule has 1 aliphatic heterocycles. The molecule has 0 amide bonds. The van der Waals surface area contributed by atoms with Gasteiger partial charge >= 0.3 is 0 Å². The molecule has 1 unspecified atom stereocenters. The number of rotatable bonds is 5. The molecule has 1 N–H and O–H groups in total. The van der Waals surface area contributed by atoms with E-state index in [9.17, 15) is 12.8 Å². The first-order chi connectivity index (χ1) is 10.6. The third-order valence-electron chi connectivity index (χ3n) is 3.68. The van der Waals surface area contributed by atoms with Gasteiger partial charge in [0.15, 0.2) is 5.13 Å². The Kier molecular flexibility index (Phi) is 4.42. The summed E-state index contributed by atoms with van der Waals surface area (Å²) in [7, 11) is -3.62. The van der Waals surface area contributed by atoms with Crippen molar-refractivity contribution in [1.29, 1.82) is 0 Å². The lowest BCUT2D eigenvalue weighted by Crippen LogP contribution is -2.40. The quantitative estimate of drug-likeness (QED) is 0.906. The van der Waals surface area contributed by atoms with E-state index in [0.29, 0.717) is 6.54 Å². The van der Waals surface area contributed by atoms with Gasteiger partial charge in [-0.1, -0.05) is 0 Å². The summed E-state index contributed by atoms with van der Waals surface area (Å²) in [5, 5.41) is 2.83. The fourth-order valence-corrected chi connectivity index (χ4v) is 4.37. The van der Waals surface area contributed by atoms with Crippen molar-refractivity contribution in [2.45, 2.75) is 23.8 Å². The summed E-state index contributed by atoms with van der Waals surface area (Å²) < 4.78 is 40.0. The number of sulfonamides is 1. The largest absolute Gasteiger partial charge is 0.344 e. The van der Waals surface area contributed by atoms with E-state index in [4.69, 9.17) is 0 Å². The Labute approximate surface area is 132 Å². The summed E-state index contributed by atoms with van der Waals surface area (Å²) in [6, 6.07) is 4.93. The molecule has 22 heavy (non-hydrogen) atoms. The highest BCUT2D eigenvalue weighted by Gasteiger charge is 2.27. The van der Waals surface area contributed by atoms with Gasteiger partial charge in [-0.3, -0.25) is 0 Å². The minimum atomic E-state index is -3.62. The molecule has 1 aliphatic rings. The van der Waals surface area contributed by atoms with Crippen LogP contribution >= 0.6 is 11.3 Å². The average molecular weight is 341 g/mol. The van der Waals surface area contributed by atoms with Crippen LogP contribution in [-0.4, -0.2) is 32.5 Å². The van der Waals surface area contributed by atoms with Gasteiger partial charge in [-0.15, -0.1) is 11.3 Å². The molecule has 2 heterocycles. The van der Waals surface area contributed by atoms with Gasteiger partial charge in [0.25, 0.3) is 0 Å². The number of hydrogen-bond donors (Lipinski definition) is 1. The molecule has 1 atom stereocenters. The predicted octanol–water partition coefficient (Wildman–Crippen LogP) is 2.23. The maximum Gasteiger partial charge on any atom is 0.240 e. The van der Waals surface area contributed by atoms with Crippen LogP contribution in [0.2, 0.25) is 0 Å². The monoisotopic (exact) mass is 341 g/mol. The van der Waals surface area contributed by atoms with Crippen LogP contribution in [0.5, 0.6) is 0 Å². The number of aromatic nitrogens is 1. The number of halogens is 1. The Morgan fingerprint density at radius 2 is 2.14 bits per heavy atom. The van der Waals surface area contributed by atoms with Crippen molar-refractivity contribution in [1.82, 2.24) is 9.71 Å². The predicted molar refractivity (Wildman–Crippen MR) is 84.1 cm³/mol. The van der Waals surface area contributed by atoms with Crippen LogP contribution in [-0.2, 0) is 10.0 Å². The lowest BCUT2D eigenvalue weighted by atomic mass is 10.2. The second-order valence-electron chi connectivity index (χ2n) is 5.11. The van der Waals surface area contributed by atoms with E-state index >= 15 is 0 Å². The van der Waals surface area contributed by atoms with Crippen LogP contribution in [0.1, 0.15) is 12.8 Å². The molecule has 1 aromatic heterocycles. The zero-order valence-electron chi connectivity index (χ0n) is 11.8. The van der Waals surface area contributed by atoms with E-state index in [0.717, 1.165) is 36.7 Å². The van der Waals surface area contributed by atoms with Gasteiger partial charge < -0.3 is 4.90 Å². The number of thiazole rings is 1. The molecule has 8 heteroatoms. The summed E-state index contributed by atoms with van der Waals surface area (Å²) in [5.41, 5.74) is 0. The fraction of sp³-hybridized carbons (Fsp3) is 0.357. The van der Waals surface area contributed by atoms with Gasteiger partial charge in [0.1, 0.15) is 5.82 Å². The Hall–Kier alpha value is -1.51. The van der Waals surface area contributed by atoms with Crippen molar-refractivity contribution in [2.24, 2.45) is 0 Å². The summed E-state index contributed by atoms with van der Waals surface area (Å²) >= 11 is 1.55. The average Bonchev–Trinajstić information content (AvgIpc) is 3.16. The van der Waals surface area contributed by atoms with Crippen molar-refractivity contribution in [3.63, 3.8) is 0 Å². The number of nitrogens with zero attached hydrogens (tertiary/aromatic N) is 2. The maximum absolute atomic E-state index is 12.9. The highest BCUT2D eigenvalue weighted by atomic mass is 32.2. The summed E-state index contributed by atoms with van der Waals surface area (Å²) in [4.78, 5) is 6.50. The molecule has 5 nitrogen and oxygen atoms in total. The number of hydrogen-bond acceptors (Lipinski definition) is 5. The molecule has 1 aromatic carbocycles. The molecule has 0 aliphatic carbocycles. The van der Waals surface area contributed by atoms with Crippen LogP contribution in [0, 0.1) is 5.82 Å². The normalized spacial score (nSPS) is 18.8. The molecule has 0 bridgehead atoms. The molecule has 0 radical (unpaired) electrons. The SMILES string of the molecule is O=S(=O)(NCC1CCCN1c1nccs1)c1ccc(F)cc1.